The molecule has 0 aliphatic carbocycles. The van der Waals surface area contributed by atoms with Gasteiger partial charge in [-0.15, -0.1) is 11.3 Å². The number of nitrogens with zero attached hydrogens (tertiary/aromatic N) is 2. The van der Waals surface area contributed by atoms with E-state index in [1.165, 1.54) is 12.1 Å². The number of amides is 2. The van der Waals surface area contributed by atoms with Gasteiger partial charge in [0.05, 0.1) is 11.2 Å². The summed E-state index contributed by atoms with van der Waals surface area (Å²) in [6, 6.07) is 11.0. The van der Waals surface area contributed by atoms with Crippen LogP contribution >= 0.6 is 11.3 Å². The molecule has 0 radical (unpaired) electrons. The number of halogens is 1. The van der Waals surface area contributed by atoms with E-state index < -0.39 is 17.3 Å². The minimum Gasteiger partial charge on any atom is -0.396 e. The number of carbonyl (C=O) groups excluding carboxylic acids is 2. The van der Waals surface area contributed by atoms with Gasteiger partial charge in [0.15, 0.2) is 0 Å². The molecular weight excluding hydrogens is 483 g/mol. The lowest BCUT2D eigenvalue weighted by atomic mass is 9.96. The third-order valence-electron chi connectivity index (χ3n) is 6.31. The van der Waals surface area contributed by atoms with Crippen LogP contribution < -0.4 is 11.1 Å². The Balaban J connectivity index is 1.58. The van der Waals surface area contributed by atoms with E-state index in [1.54, 1.807) is 49.1 Å². The van der Waals surface area contributed by atoms with E-state index in [1.807, 2.05) is 0 Å². The smallest absolute Gasteiger partial charge is 0.272 e. The Bertz CT molecular complexity index is 1280. The summed E-state index contributed by atoms with van der Waals surface area (Å²) in [5.41, 5.74) is 5.52. The Hall–Kier alpha value is -3.34. The van der Waals surface area contributed by atoms with Crippen molar-refractivity contribution in [2.24, 2.45) is 11.7 Å². The lowest BCUT2D eigenvalue weighted by Crippen LogP contribution is -2.39. The number of nitrogens with two attached hydrogens (primary N) is 1. The van der Waals surface area contributed by atoms with Gasteiger partial charge in [-0.1, -0.05) is 18.2 Å². The quantitative estimate of drug-likeness (QED) is 0.381. The molecular formula is C26H29FN4O4S. The maximum atomic E-state index is 14.9. The van der Waals surface area contributed by atoms with Gasteiger partial charge in [0.2, 0.25) is 0 Å². The average Bonchev–Trinajstić information content (AvgIpc) is 3.27. The van der Waals surface area contributed by atoms with Crippen LogP contribution in [0, 0.1) is 11.7 Å². The minimum absolute atomic E-state index is 0.123. The molecule has 36 heavy (non-hydrogen) atoms. The molecule has 2 aromatic heterocycles. The van der Waals surface area contributed by atoms with Crippen molar-refractivity contribution in [3.8, 4) is 10.4 Å². The van der Waals surface area contributed by atoms with Crippen LogP contribution in [0.4, 0.5) is 15.2 Å². The number of nitrogens with one attached hydrogen (secondary N) is 1. The molecule has 10 heteroatoms. The van der Waals surface area contributed by atoms with Gasteiger partial charge in [0.25, 0.3) is 11.8 Å². The number of aliphatic hydroxyl groups excluding tert-OH is 1. The number of aliphatic hydroxyl groups is 2. The topological polar surface area (TPSA) is 129 Å². The third-order valence-corrected chi connectivity index (χ3v) is 7.39. The lowest BCUT2D eigenvalue weighted by molar-refractivity contribution is 0.0645. The molecule has 0 unspecified atom stereocenters. The molecule has 1 saturated heterocycles. The molecule has 0 saturated carbocycles. The van der Waals surface area contributed by atoms with E-state index in [2.05, 4.69) is 10.3 Å². The Labute approximate surface area is 212 Å². The number of hydrogen-bond donors (Lipinski definition) is 4. The molecule has 8 nitrogen and oxygen atoms in total. The van der Waals surface area contributed by atoms with Gasteiger partial charge < -0.3 is 26.2 Å². The molecule has 0 bridgehead atoms. The number of piperidine rings is 1. The number of likely N-dealkylation sites (tertiary alicyclic amines) is 1. The number of hydrogen-bond acceptors (Lipinski definition) is 7. The summed E-state index contributed by atoms with van der Waals surface area (Å²) in [5, 5.41) is 22.9. The van der Waals surface area contributed by atoms with Crippen molar-refractivity contribution in [1.29, 1.82) is 0 Å². The van der Waals surface area contributed by atoms with E-state index in [-0.39, 0.29) is 35.3 Å². The number of benzene rings is 1. The van der Waals surface area contributed by atoms with Gasteiger partial charge in [-0.3, -0.25) is 9.59 Å². The third kappa shape index (κ3) is 5.56. The first kappa shape index (κ1) is 25.7. The van der Waals surface area contributed by atoms with Crippen LogP contribution in [-0.2, 0) is 5.60 Å². The Morgan fingerprint density at radius 2 is 1.94 bits per heavy atom. The van der Waals surface area contributed by atoms with Crippen molar-refractivity contribution in [2.45, 2.75) is 32.3 Å². The zero-order valence-corrected chi connectivity index (χ0v) is 20.9. The SMILES string of the molecule is CC(C)(O)c1ccc(-c2cc(C(N)=O)c(Nc3cccc(C(=O)N4CCC(CO)CC4)n3)s2)c(F)c1. The van der Waals surface area contributed by atoms with E-state index in [0.717, 1.165) is 24.2 Å². The zero-order valence-electron chi connectivity index (χ0n) is 20.1. The Morgan fingerprint density at radius 1 is 1.22 bits per heavy atom. The first-order valence-corrected chi connectivity index (χ1v) is 12.5. The van der Waals surface area contributed by atoms with Crippen molar-refractivity contribution in [2.75, 3.05) is 25.0 Å². The number of carbonyl (C=O) groups is 2. The van der Waals surface area contributed by atoms with E-state index in [9.17, 15) is 24.2 Å². The van der Waals surface area contributed by atoms with Crippen LogP contribution in [0.2, 0.25) is 0 Å². The summed E-state index contributed by atoms with van der Waals surface area (Å²) in [6.07, 6.45) is 1.49. The molecule has 5 N–H and O–H groups in total. The van der Waals surface area contributed by atoms with Crippen LogP contribution in [-0.4, -0.2) is 51.6 Å². The van der Waals surface area contributed by atoms with Gasteiger partial charge in [-0.25, -0.2) is 9.37 Å². The number of anilines is 2. The second-order valence-electron chi connectivity index (χ2n) is 9.42. The molecule has 1 aliphatic rings. The van der Waals surface area contributed by atoms with Crippen LogP contribution in [0.5, 0.6) is 0 Å². The van der Waals surface area contributed by atoms with Crippen LogP contribution in [0.15, 0.2) is 42.5 Å². The predicted molar refractivity (Wildman–Crippen MR) is 137 cm³/mol. The number of pyridine rings is 1. The lowest BCUT2D eigenvalue weighted by Gasteiger charge is -2.30. The first-order valence-electron chi connectivity index (χ1n) is 11.7. The molecule has 3 aromatic rings. The molecule has 1 fully saturated rings. The summed E-state index contributed by atoms with van der Waals surface area (Å²) in [4.78, 5) is 31.7. The summed E-state index contributed by atoms with van der Waals surface area (Å²) in [5.74, 6) is -0.862. The second-order valence-corrected chi connectivity index (χ2v) is 10.5. The van der Waals surface area contributed by atoms with Crippen molar-refractivity contribution in [3.63, 3.8) is 0 Å². The maximum Gasteiger partial charge on any atom is 0.272 e. The zero-order chi connectivity index (χ0) is 26.0. The van der Waals surface area contributed by atoms with E-state index in [4.69, 9.17) is 5.73 Å². The first-order chi connectivity index (χ1) is 17.1. The van der Waals surface area contributed by atoms with Crippen molar-refractivity contribution in [3.05, 3.63) is 65.1 Å². The molecule has 0 atom stereocenters. The number of rotatable bonds is 7. The maximum absolute atomic E-state index is 14.9. The predicted octanol–water partition coefficient (Wildman–Crippen LogP) is 3.86. The fourth-order valence-electron chi connectivity index (χ4n) is 4.12. The monoisotopic (exact) mass is 512 g/mol. The fourth-order valence-corrected chi connectivity index (χ4v) is 5.21. The molecule has 1 aliphatic heterocycles. The number of aromatic nitrogens is 1. The highest BCUT2D eigenvalue weighted by Gasteiger charge is 2.25. The molecule has 3 heterocycles. The molecule has 2 amide bonds. The molecule has 4 rings (SSSR count). The highest BCUT2D eigenvalue weighted by Crippen LogP contribution is 2.38. The average molecular weight is 513 g/mol. The molecule has 190 valence electrons. The van der Waals surface area contributed by atoms with Crippen molar-refractivity contribution < 1.29 is 24.2 Å². The van der Waals surface area contributed by atoms with Gasteiger partial charge in [0.1, 0.15) is 22.3 Å². The molecule has 0 spiro atoms. The fraction of sp³-hybridized carbons (Fsp3) is 0.346. The van der Waals surface area contributed by atoms with Crippen LogP contribution in [0.25, 0.3) is 10.4 Å². The van der Waals surface area contributed by atoms with Crippen molar-refractivity contribution >= 4 is 34.0 Å². The van der Waals surface area contributed by atoms with Gasteiger partial charge in [-0.2, -0.15) is 0 Å². The van der Waals surface area contributed by atoms with Gasteiger partial charge in [-0.05, 0) is 62.4 Å². The van der Waals surface area contributed by atoms with Crippen LogP contribution in [0.3, 0.4) is 0 Å². The Kier molecular flexibility index (Phi) is 7.39. The Morgan fingerprint density at radius 3 is 2.56 bits per heavy atom. The highest BCUT2D eigenvalue weighted by atomic mass is 32.1. The molecule has 1 aromatic carbocycles. The normalized spacial score (nSPS) is 14.6. The van der Waals surface area contributed by atoms with Crippen LogP contribution in [0.1, 0.15) is 53.1 Å². The summed E-state index contributed by atoms with van der Waals surface area (Å²) in [6.45, 7) is 4.38. The largest absolute Gasteiger partial charge is 0.396 e. The standard InChI is InChI=1S/C26H29FN4O4S/c1-26(2,35)16-6-7-17(19(27)12-16)21-13-18(23(28)33)24(36-21)30-22-5-3-4-20(29-22)25(34)31-10-8-15(14-32)9-11-31/h3-7,12-13,15,32,35H,8-11,14H2,1-2H3,(H2,28,33)(H,29,30). The van der Waals surface area contributed by atoms with Crippen molar-refractivity contribution in [1.82, 2.24) is 9.88 Å². The highest BCUT2D eigenvalue weighted by molar-refractivity contribution is 7.20. The second kappa shape index (κ2) is 10.3. The van der Waals surface area contributed by atoms with E-state index >= 15 is 0 Å². The number of thiophene rings is 1. The summed E-state index contributed by atoms with van der Waals surface area (Å²) < 4.78 is 14.9. The van der Waals surface area contributed by atoms with E-state index in [0.29, 0.717) is 34.3 Å². The number of primary amides is 1. The summed E-state index contributed by atoms with van der Waals surface area (Å²) >= 11 is 1.13. The summed E-state index contributed by atoms with van der Waals surface area (Å²) in [7, 11) is 0. The van der Waals surface area contributed by atoms with Gasteiger partial charge >= 0.3 is 0 Å². The minimum atomic E-state index is -1.19. The van der Waals surface area contributed by atoms with Gasteiger partial charge in [0, 0.05) is 30.1 Å².